The molecule has 3 saturated carbocycles. The molecule has 4 atom stereocenters. The Kier molecular flexibility index (Phi) is 1.37. The Bertz CT molecular complexity index is 266. The summed E-state index contributed by atoms with van der Waals surface area (Å²) in [6.45, 7) is 10.4. The smallest absolute Gasteiger partial charge is 0.0213 e. The fourth-order valence-electron chi connectivity index (χ4n) is 5.81. The van der Waals surface area contributed by atoms with Crippen molar-refractivity contribution in [3.05, 3.63) is 0 Å². The highest BCUT2D eigenvalue weighted by molar-refractivity contribution is 5.23. The number of hydrogen-bond donors (Lipinski definition) is 0. The van der Waals surface area contributed by atoms with E-state index in [1.54, 1.807) is 0 Å². The Hall–Kier alpha value is 0. The van der Waals surface area contributed by atoms with Gasteiger partial charge in [0.2, 0.25) is 0 Å². The minimum atomic E-state index is 0.660. The monoisotopic (exact) mass is 192 g/mol. The maximum absolute atomic E-state index is 2.60. The van der Waals surface area contributed by atoms with Crippen LogP contribution in [0, 0.1) is 21.7 Å². The van der Waals surface area contributed by atoms with Crippen LogP contribution in [-0.2, 0) is 0 Å². The number of fused-ring (bicyclic) bond motifs is 5. The lowest BCUT2D eigenvalue weighted by Gasteiger charge is -2.53. The summed E-state index contributed by atoms with van der Waals surface area (Å²) in [6.07, 6.45) is 8.97. The first kappa shape index (κ1) is 9.24. The van der Waals surface area contributed by atoms with E-state index in [1.165, 1.54) is 38.5 Å². The summed E-state index contributed by atoms with van der Waals surface area (Å²) in [5.41, 5.74) is 2.67. The van der Waals surface area contributed by atoms with Gasteiger partial charge in [-0.05, 0) is 53.8 Å². The lowest BCUT2D eigenvalue weighted by molar-refractivity contribution is -0.0443. The standard InChI is InChI=1S/C14H24/c1-11-8-9-12(2,10-11)14(4)7-5-6-13(11,14)3/h5-10H2,1-4H3/t11-,12+,13+,14-. The first-order valence-corrected chi connectivity index (χ1v) is 6.37. The summed E-state index contributed by atoms with van der Waals surface area (Å²) < 4.78 is 0. The van der Waals surface area contributed by atoms with E-state index in [9.17, 15) is 0 Å². The van der Waals surface area contributed by atoms with Gasteiger partial charge in [0, 0.05) is 0 Å². The Morgan fingerprint density at radius 1 is 0.643 bits per heavy atom. The van der Waals surface area contributed by atoms with Gasteiger partial charge < -0.3 is 0 Å². The Balaban J connectivity index is 2.20. The molecule has 3 rings (SSSR count). The van der Waals surface area contributed by atoms with Crippen molar-refractivity contribution in [2.24, 2.45) is 21.7 Å². The van der Waals surface area contributed by atoms with E-state index in [4.69, 9.17) is 0 Å². The van der Waals surface area contributed by atoms with E-state index in [2.05, 4.69) is 27.7 Å². The molecule has 0 heteroatoms. The van der Waals surface area contributed by atoms with Gasteiger partial charge in [-0.1, -0.05) is 34.1 Å². The van der Waals surface area contributed by atoms with Gasteiger partial charge >= 0.3 is 0 Å². The van der Waals surface area contributed by atoms with Crippen molar-refractivity contribution in [3.8, 4) is 0 Å². The Morgan fingerprint density at radius 2 is 1.07 bits per heavy atom. The summed E-state index contributed by atoms with van der Waals surface area (Å²) in [5.74, 6) is 0. The molecule has 0 amide bonds. The lowest BCUT2D eigenvalue weighted by Crippen LogP contribution is -2.46. The van der Waals surface area contributed by atoms with Crippen LogP contribution in [0.25, 0.3) is 0 Å². The molecule has 0 spiro atoms. The average Bonchev–Trinajstić information content (AvgIpc) is 2.60. The first-order valence-electron chi connectivity index (χ1n) is 6.37. The molecular formula is C14H24. The van der Waals surface area contributed by atoms with Crippen LogP contribution in [0.1, 0.15) is 66.2 Å². The molecule has 0 saturated heterocycles. The quantitative estimate of drug-likeness (QED) is 0.534. The van der Waals surface area contributed by atoms with E-state index in [0.29, 0.717) is 21.7 Å². The highest BCUT2D eigenvalue weighted by atomic mass is 14.8. The predicted molar refractivity (Wildman–Crippen MR) is 60.1 cm³/mol. The second-order valence-electron chi connectivity index (χ2n) is 7.32. The van der Waals surface area contributed by atoms with Crippen LogP contribution < -0.4 is 0 Å². The highest BCUT2D eigenvalue weighted by Crippen LogP contribution is 2.82. The summed E-state index contributed by atoms with van der Waals surface area (Å²) in [6, 6.07) is 0. The SMILES string of the molecule is C[C@@]12CC[C@@](C)(C1)[C@@]1(C)CCC[C@@]21C. The van der Waals surface area contributed by atoms with Crippen molar-refractivity contribution in [1.82, 2.24) is 0 Å². The van der Waals surface area contributed by atoms with Crippen molar-refractivity contribution in [2.75, 3.05) is 0 Å². The fourth-order valence-corrected chi connectivity index (χ4v) is 5.81. The minimum Gasteiger partial charge on any atom is -0.0591 e. The largest absolute Gasteiger partial charge is 0.0591 e. The van der Waals surface area contributed by atoms with E-state index in [1.807, 2.05) is 0 Å². The van der Waals surface area contributed by atoms with Crippen LogP contribution in [0.2, 0.25) is 0 Å². The third-order valence-corrected chi connectivity index (χ3v) is 7.24. The zero-order chi connectivity index (χ0) is 10.2. The Morgan fingerprint density at radius 3 is 1.50 bits per heavy atom. The molecule has 2 bridgehead atoms. The predicted octanol–water partition coefficient (Wildman–Crippen LogP) is 4.39. The van der Waals surface area contributed by atoms with E-state index >= 15 is 0 Å². The van der Waals surface area contributed by atoms with E-state index in [0.717, 1.165) is 0 Å². The van der Waals surface area contributed by atoms with Gasteiger partial charge in [0.25, 0.3) is 0 Å². The summed E-state index contributed by atoms with van der Waals surface area (Å²) in [7, 11) is 0. The van der Waals surface area contributed by atoms with Gasteiger partial charge in [-0.3, -0.25) is 0 Å². The molecule has 0 aliphatic heterocycles. The molecular weight excluding hydrogens is 168 g/mol. The lowest BCUT2D eigenvalue weighted by atomic mass is 9.51. The molecule has 3 aliphatic carbocycles. The molecule has 80 valence electrons. The maximum Gasteiger partial charge on any atom is -0.0213 e. The molecule has 0 aromatic heterocycles. The van der Waals surface area contributed by atoms with Crippen LogP contribution in [0.4, 0.5) is 0 Å². The van der Waals surface area contributed by atoms with Gasteiger partial charge in [-0.15, -0.1) is 0 Å². The van der Waals surface area contributed by atoms with Crippen LogP contribution in [-0.4, -0.2) is 0 Å². The first-order chi connectivity index (χ1) is 6.37. The number of hydrogen-bond acceptors (Lipinski definition) is 0. The third-order valence-electron chi connectivity index (χ3n) is 7.24. The van der Waals surface area contributed by atoms with Gasteiger partial charge in [0.1, 0.15) is 0 Å². The van der Waals surface area contributed by atoms with Crippen LogP contribution >= 0.6 is 0 Å². The normalized spacial score (nSPS) is 66.0. The molecule has 14 heavy (non-hydrogen) atoms. The van der Waals surface area contributed by atoms with E-state index in [-0.39, 0.29) is 0 Å². The highest BCUT2D eigenvalue weighted by Gasteiger charge is 2.74. The third kappa shape index (κ3) is 0.630. The van der Waals surface area contributed by atoms with Crippen LogP contribution in [0.3, 0.4) is 0 Å². The summed E-state index contributed by atoms with van der Waals surface area (Å²) >= 11 is 0. The topological polar surface area (TPSA) is 0 Å². The minimum absolute atomic E-state index is 0.660. The molecule has 3 fully saturated rings. The summed E-state index contributed by atoms with van der Waals surface area (Å²) in [4.78, 5) is 0. The molecule has 3 aliphatic rings. The van der Waals surface area contributed by atoms with Crippen LogP contribution in [0.15, 0.2) is 0 Å². The molecule has 0 N–H and O–H groups in total. The molecule has 0 heterocycles. The molecule has 0 aromatic carbocycles. The fraction of sp³-hybridized carbons (Fsp3) is 1.00. The maximum atomic E-state index is 2.60. The van der Waals surface area contributed by atoms with Crippen molar-refractivity contribution in [3.63, 3.8) is 0 Å². The van der Waals surface area contributed by atoms with Gasteiger partial charge in [0.05, 0.1) is 0 Å². The second kappa shape index (κ2) is 2.08. The Labute approximate surface area is 88.5 Å². The van der Waals surface area contributed by atoms with Gasteiger partial charge in [0.15, 0.2) is 0 Å². The zero-order valence-electron chi connectivity index (χ0n) is 10.2. The summed E-state index contributed by atoms with van der Waals surface area (Å²) in [5, 5.41) is 0. The van der Waals surface area contributed by atoms with E-state index < -0.39 is 0 Å². The molecule has 0 nitrogen and oxygen atoms in total. The van der Waals surface area contributed by atoms with Gasteiger partial charge in [-0.2, -0.15) is 0 Å². The average molecular weight is 192 g/mol. The molecule has 0 unspecified atom stereocenters. The van der Waals surface area contributed by atoms with Gasteiger partial charge in [-0.25, -0.2) is 0 Å². The second-order valence-corrected chi connectivity index (χ2v) is 7.32. The van der Waals surface area contributed by atoms with Crippen molar-refractivity contribution in [2.45, 2.75) is 66.2 Å². The van der Waals surface area contributed by atoms with Crippen molar-refractivity contribution < 1.29 is 0 Å². The zero-order valence-corrected chi connectivity index (χ0v) is 10.2. The van der Waals surface area contributed by atoms with Crippen molar-refractivity contribution >= 4 is 0 Å². The van der Waals surface area contributed by atoms with Crippen LogP contribution in [0.5, 0.6) is 0 Å². The van der Waals surface area contributed by atoms with Crippen molar-refractivity contribution in [1.29, 1.82) is 0 Å². The molecule has 0 radical (unpaired) electrons. The molecule has 0 aromatic rings. The number of rotatable bonds is 0.